The molecule has 0 spiro atoms. The number of Topliss-reactive ketones (excluding diaryl/α,β-unsaturated/α-hetero) is 1. The number of rotatable bonds is 6. The molecule has 1 aliphatic rings. The van der Waals surface area contributed by atoms with Gasteiger partial charge < -0.3 is 10.1 Å². The summed E-state index contributed by atoms with van der Waals surface area (Å²) in [5, 5.41) is 2.75. The van der Waals surface area contributed by atoms with Crippen LogP contribution in [0.15, 0.2) is 54.6 Å². The molecule has 2 aromatic carbocycles. The Kier molecular flexibility index (Phi) is 5.27. The fourth-order valence-corrected chi connectivity index (χ4v) is 3.22. The lowest BCUT2D eigenvalue weighted by Gasteiger charge is -2.11. The third-order valence-electron chi connectivity index (χ3n) is 4.54. The van der Waals surface area contributed by atoms with Crippen molar-refractivity contribution in [3.05, 3.63) is 65.7 Å². The maximum Gasteiger partial charge on any atom is 0.315 e. The zero-order valence-corrected chi connectivity index (χ0v) is 16.0. The number of anilines is 1. The molecule has 27 heavy (non-hydrogen) atoms. The van der Waals surface area contributed by atoms with Gasteiger partial charge in [-0.3, -0.25) is 14.4 Å². The Labute approximate surface area is 166 Å². The molecule has 0 aliphatic heterocycles. The first-order chi connectivity index (χ1) is 12.7. The second-order valence-electron chi connectivity index (χ2n) is 6.61. The van der Waals surface area contributed by atoms with Crippen LogP contribution in [-0.4, -0.2) is 28.6 Å². The average molecular weight is 406 g/mol. The van der Waals surface area contributed by atoms with E-state index < -0.39 is 22.3 Å². The summed E-state index contributed by atoms with van der Waals surface area (Å²) >= 11 is 11.8. The maximum absolute atomic E-state index is 12.2. The van der Waals surface area contributed by atoms with E-state index in [-0.39, 0.29) is 11.7 Å². The van der Waals surface area contributed by atoms with Crippen LogP contribution in [0.2, 0.25) is 0 Å². The minimum Gasteiger partial charge on any atom is -0.457 e. The fraction of sp³-hybridized carbons (Fsp3) is 0.250. The van der Waals surface area contributed by atoms with E-state index >= 15 is 0 Å². The zero-order valence-electron chi connectivity index (χ0n) is 14.5. The molecule has 1 atom stereocenters. The molecule has 0 bridgehead atoms. The van der Waals surface area contributed by atoms with Gasteiger partial charge in [0.1, 0.15) is 9.75 Å². The molecule has 1 aliphatic carbocycles. The first-order valence-corrected chi connectivity index (χ1v) is 9.03. The molecule has 1 amide bonds. The summed E-state index contributed by atoms with van der Waals surface area (Å²) in [7, 11) is 0. The molecule has 0 saturated heterocycles. The van der Waals surface area contributed by atoms with Gasteiger partial charge in [0.15, 0.2) is 12.4 Å². The highest BCUT2D eigenvalue weighted by atomic mass is 35.5. The number of esters is 1. The molecule has 3 rings (SSSR count). The number of hydrogen-bond donors (Lipinski definition) is 1. The van der Waals surface area contributed by atoms with Crippen molar-refractivity contribution in [2.75, 3.05) is 11.9 Å². The van der Waals surface area contributed by atoms with E-state index in [1.165, 1.54) is 0 Å². The van der Waals surface area contributed by atoms with Crippen molar-refractivity contribution in [1.29, 1.82) is 0 Å². The number of carbonyl (C=O) groups excluding carboxylic acids is 3. The quantitative estimate of drug-likeness (QED) is 0.442. The average Bonchev–Trinajstić information content (AvgIpc) is 3.19. The molecule has 1 N–H and O–H groups in total. The van der Waals surface area contributed by atoms with Gasteiger partial charge in [0, 0.05) is 23.2 Å². The summed E-state index contributed by atoms with van der Waals surface area (Å²) < 4.78 is 3.91. The van der Waals surface area contributed by atoms with Crippen LogP contribution in [-0.2, 0) is 9.53 Å². The molecule has 1 fully saturated rings. The molecule has 0 radical (unpaired) electrons. The Balaban J connectivity index is 1.55. The lowest BCUT2D eigenvalue weighted by molar-refractivity contribution is -0.148. The number of ketones is 1. The van der Waals surface area contributed by atoms with Gasteiger partial charge in [-0.15, -0.1) is 23.2 Å². The van der Waals surface area contributed by atoms with Crippen molar-refractivity contribution < 1.29 is 19.1 Å². The number of alkyl halides is 2. The molecule has 140 valence electrons. The topological polar surface area (TPSA) is 72.5 Å². The second-order valence-corrected chi connectivity index (χ2v) is 8.09. The van der Waals surface area contributed by atoms with Crippen molar-refractivity contribution in [1.82, 2.24) is 0 Å². The Morgan fingerprint density at radius 2 is 1.59 bits per heavy atom. The van der Waals surface area contributed by atoms with Crippen LogP contribution < -0.4 is 5.32 Å². The van der Waals surface area contributed by atoms with Crippen molar-refractivity contribution in [2.45, 2.75) is 17.7 Å². The van der Waals surface area contributed by atoms with Crippen LogP contribution in [0.3, 0.4) is 0 Å². The summed E-state index contributed by atoms with van der Waals surface area (Å²) in [4.78, 5) is 36.3. The summed E-state index contributed by atoms with van der Waals surface area (Å²) in [6, 6.07) is 15.1. The van der Waals surface area contributed by atoms with Crippen molar-refractivity contribution in [3.8, 4) is 0 Å². The zero-order chi connectivity index (χ0) is 19.7. The van der Waals surface area contributed by atoms with Gasteiger partial charge in [-0.2, -0.15) is 0 Å². The smallest absolute Gasteiger partial charge is 0.315 e. The third kappa shape index (κ3) is 4.15. The van der Waals surface area contributed by atoms with Crippen LogP contribution in [0, 0.1) is 5.41 Å². The van der Waals surface area contributed by atoms with Crippen LogP contribution in [0.25, 0.3) is 0 Å². The molecule has 1 saturated carbocycles. The Hall–Kier alpha value is -2.37. The van der Waals surface area contributed by atoms with Crippen LogP contribution >= 0.6 is 23.2 Å². The Morgan fingerprint density at radius 3 is 2.15 bits per heavy atom. The van der Waals surface area contributed by atoms with E-state index in [0.29, 0.717) is 23.2 Å². The normalized spacial score (nSPS) is 19.8. The minimum absolute atomic E-state index is 0.244. The monoisotopic (exact) mass is 405 g/mol. The highest BCUT2D eigenvalue weighted by molar-refractivity contribution is 6.53. The first kappa shape index (κ1) is 19.4. The predicted octanol–water partition coefficient (Wildman–Crippen LogP) is 4.25. The lowest BCUT2D eigenvalue weighted by atomic mass is 10.1. The van der Waals surface area contributed by atoms with E-state index in [1.54, 1.807) is 55.5 Å². The standard InChI is InChI=1S/C20H17Cl2NO4/c1-19(12-20(19,21)22)18(26)27-11-16(24)13-7-9-15(10-8-13)23-17(25)14-5-3-2-4-6-14/h2-10H,11-12H2,1H3,(H,23,25)/t19-/m0/s1. The van der Waals surface area contributed by atoms with Crippen molar-refractivity contribution >= 4 is 46.5 Å². The van der Waals surface area contributed by atoms with Gasteiger partial charge >= 0.3 is 5.97 Å². The SMILES string of the molecule is C[C@@]1(C(=O)OCC(=O)c2ccc(NC(=O)c3ccccc3)cc2)CC1(Cl)Cl. The van der Waals surface area contributed by atoms with Crippen LogP contribution in [0.5, 0.6) is 0 Å². The van der Waals surface area contributed by atoms with E-state index in [9.17, 15) is 14.4 Å². The van der Waals surface area contributed by atoms with E-state index in [2.05, 4.69) is 5.32 Å². The lowest BCUT2D eigenvalue weighted by Crippen LogP contribution is -2.24. The minimum atomic E-state index is -1.13. The molecular formula is C20H17Cl2NO4. The highest BCUT2D eigenvalue weighted by Crippen LogP contribution is 2.64. The summed E-state index contributed by atoms with van der Waals surface area (Å²) in [5.41, 5.74) is 0.483. The van der Waals surface area contributed by atoms with E-state index in [4.69, 9.17) is 27.9 Å². The fourth-order valence-electron chi connectivity index (χ4n) is 2.53. The Morgan fingerprint density at radius 1 is 1.00 bits per heavy atom. The van der Waals surface area contributed by atoms with Crippen molar-refractivity contribution in [2.24, 2.45) is 5.41 Å². The van der Waals surface area contributed by atoms with Crippen molar-refractivity contribution in [3.63, 3.8) is 0 Å². The molecule has 2 aromatic rings. The number of ether oxygens (including phenoxy) is 1. The highest BCUT2D eigenvalue weighted by Gasteiger charge is 2.69. The number of benzene rings is 2. The third-order valence-corrected chi connectivity index (χ3v) is 5.64. The summed E-state index contributed by atoms with van der Waals surface area (Å²) in [5.74, 6) is -1.19. The molecule has 0 heterocycles. The molecule has 7 heteroatoms. The number of carbonyl (C=O) groups is 3. The summed E-state index contributed by atoms with van der Waals surface area (Å²) in [6.45, 7) is 1.21. The van der Waals surface area contributed by atoms with Crippen LogP contribution in [0.1, 0.15) is 34.1 Å². The van der Waals surface area contributed by atoms with Crippen LogP contribution in [0.4, 0.5) is 5.69 Å². The molecular weight excluding hydrogens is 389 g/mol. The first-order valence-electron chi connectivity index (χ1n) is 8.28. The summed E-state index contributed by atoms with van der Waals surface area (Å²) in [6.07, 6.45) is 0.298. The maximum atomic E-state index is 12.2. The molecule has 5 nitrogen and oxygen atoms in total. The molecule has 0 unspecified atom stereocenters. The van der Waals surface area contributed by atoms with E-state index in [0.717, 1.165) is 0 Å². The van der Waals surface area contributed by atoms with Gasteiger partial charge in [0.05, 0.1) is 0 Å². The van der Waals surface area contributed by atoms with Gasteiger partial charge in [-0.25, -0.2) is 0 Å². The van der Waals surface area contributed by atoms with Gasteiger partial charge in [-0.1, -0.05) is 18.2 Å². The second kappa shape index (κ2) is 7.33. The van der Waals surface area contributed by atoms with Gasteiger partial charge in [-0.05, 0) is 43.3 Å². The predicted molar refractivity (Wildman–Crippen MR) is 103 cm³/mol. The largest absolute Gasteiger partial charge is 0.457 e. The Bertz CT molecular complexity index is 881. The van der Waals surface area contributed by atoms with E-state index in [1.807, 2.05) is 6.07 Å². The number of nitrogens with one attached hydrogen (secondary N) is 1. The van der Waals surface area contributed by atoms with Gasteiger partial charge in [0.25, 0.3) is 5.91 Å². The van der Waals surface area contributed by atoms with Gasteiger partial charge in [0.2, 0.25) is 0 Å². The number of amides is 1. The number of halogens is 2. The molecule has 0 aromatic heterocycles. The number of hydrogen-bond acceptors (Lipinski definition) is 4.